The van der Waals surface area contributed by atoms with Gasteiger partial charge in [-0.3, -0.25) is 4.98 Å². The van der Waals surface area contributed by atoms with Crippen molar-refractivity contribution in [3.63, 3.8) is 0 Å². The molecule has 0 fully saturated rings. The van der Waals surface area contributed by atoms with Crippen molar-refractivity contribution < 1.29 is 0 Å². The van der Waals surface area contributed by atoms with Crippen LogP contribution in [0, 0.1) is 6.92 Å². The zero-order valence-electron chi connectivity index (χ0n) is 9.96. The second-order valence-corrected chi connectivity index (χ2v) is 4.19. The highest BCUT2D eigenvalue weighted by Gasteiger charge is 2.02. The molecule has 0 aliphatic heterocycles. The van der Waals surface area contributed by atoms with Gasteiger partial charge in [0.1, 0.15) is 12.1 Å². The van der Waals surface area contributed by atoms with Gasteiger partial charge in [0, 0.05) is 22.7 Å². The summed E-state index contributed by atoms with van der Waals surface area (Å²) in [4.78, 5) is 12.6. The van der Waals surface area contributed by atoms with Crippen LogP contribution in [0.15, 0.2) is 42.7 Å². The lowest BCUT2D eigenvalue weighted by molar-refractivity contribution is 1.18. The van der Waals surface area contributed by atoms with Gasteiger partial charge in [0.15, 0.2) is 0 Å². The Morgan fingerprint density at radius 1 is 1.00 bits per heavy atom. The molecule has 2 heterocycles. The van der Waals surface area contributed by atoms with Crippen LogP contribution in [0.2, 0.25) is 0 Å². The third-order valence-corrected chi connectivity index (χ3v) is 2.81. The number of hydrogen-bond donors (Lipinski definition) is 1. The quantitative estimate of drug-likeness (QED) is 0.705. The number of benzene rings is 1. The highest BCUT2D eigenvalue weighted by molar-refractivity contribution is 5.84. The molecule has 0 bridgehead atoms. The Balaban J connectivity index is 2.16. The van der Waals surface area contributed by atoms with Gasteiger partial charge in [-0.25, -0.2) is 9.97 Å². The molecule has 2 N–H and O–H groups in total. The van der Waals surface area contributed by atoms with Crippen LogP contribution in [0.5, 0.6) is 0 Å². The number of nitrogens with two attached hydrogens (primary N) is 1. The van der Waals surface area contributed by atoms with Gasteiger partial charge < -0.3 is 5.73 Å². The van der Waals surface area contributed by atoms with E-state index in [2.05, 4.69) is 27.1 Å². The third-order valence-electron chi connectivity index (χ3n) is 2.81. The molecule has 0 unspecified atom stereocenters. The first-order chi connectivity index (χ1) is 8.72. The number of hydrogen-bond acceptors (Lipinski definition) is 4. The lowest BCUT2D eigenvalue weighted by Gasteiger charge is -2.04. The summed E-state index contributed by atoms with van der Waals surface area (Å²) in [6.07, 6.45) is 1.47. The first-order valence-corrected chi connectivity index (χ1v) is 5.68. The van der Waals surface area contributed by atoms with Crippen LogP contribution in [-0.2, 0) is 0 Å². The largest absolute Gasteiger partial charge is 0.384 e. The van der Waals surface area contributed by atoms with E-state index in [1.165, 1.54) is 6.33 Å². The van der Waals surface area contributed by atoms with Crippen molar-refractivity contribution in [2.75, 3.05) is 5.73 Å². The van der Waals surface area contributed by atoms with Gasteiger partial charge in [0.25, 0.3) is 0 Å². The van der Waals surface area contributed by atoms with Crippen LogP contribution < -0.4 is 5.73 Å². The fourth-order valence-electron chi connectivity index (χ4n) is 1.92. The number of nitrogens with zero attached hydrogens (tertiary/aromatic N) is 3. The summed E-state index contributed by atoms with van der Waals surface area (Å²) in [5, 5.41) is 1.09. The van der Waals surface area contributed by atoms with E-state index in [-0.39, 0.29) is 0 Å². The number of anilines is 1. The van der Waals surface area contributed by atoms with E-state index in [1.54, 1.807) is 6.07 Å². The summed E-state index contributed by atoms with van der Waals surface area (Å²) in [5.41, 5.74) is 9.51. The zero-order chi connectivity index (χ0) is 12.5. The molecule has 1 aromatic carbocycles. The fourth-order valence-corrected chi connectivity index (χ4v) is 1.92. The molecule has 0 atom stereocenters. The van der Waals surface area contributed by atoms with Crippen molar-refractivity contribution in [2.24, 2.45) is 0 Å². The lowest BCUT2D eigenvalue weighted by atomic mass is 10.1. The van der Waals surface area contributed by atoms with E-state index < -0.39 is 0 Å². The van der Waals surface area contributed by atoms with E-state index >= 15 is 0 Å². The summed E-state index contributed by atoms with van der Waals surface area (Å²) in [7, 11) is 0. The van der Waals surface area contributed by atoms with Crippen LogP contribution in [-0.4, -0.2) is 15.0 Å². The SMILES string of the molecule is Cc1ccc2cc(-c3cc(N)ncn3)ccc2n1. The van der Waals surface area contributed by atoms with Gasteiger partial charge in [0.2, 0.25) is 0 Å². The molecule has 0 spiro atoms. The van der Waals surface area contributed by atoms with E-state index in [1.807, 2.05) is 25.1 Å². The molecular formula is C14H12N4. The minimum atomic E-state index is 0.474. The van der Waals surface area contributed by atoms with Crippen LogP contribution in [0.25, 0.3) is 22.2 Å². The molecule has 0 saturated heterocycles. The third kappa shape index (κ3) is 1.88. The zero-order valence-corrected chi connectivity index (χ0v) is 9.96. The molecule has 3 rings (SSSR count). The molecule has 0 aliphatic rings. The van der Waals surface area contributed by atoms with Crippen LogP contribution in [0.3, 0.4) is 0 Å². The summed E-state index contributed by atoms with van der Waals surface area (Å²) < 4.78 is 0. The van der Waals surface area contributed by atoms with Gasteiger partial charge in [0.05, 0.1) is 11.2 Å². The Morgan fingerprint density at radius 3 is 2.72 bits per heavy atom. The Labute approximate surface area is 105 Å². The topological polar surface area (TPSA) is 64.7 Å². The molecule has 0 amide bonds. The maximum Gasteiger partial charge on any atom is 0.127 e. The Kier molecular flexibility index (Phi) is 2.41. The van der Waals surface area contributed by atoms with Crippen molar-refractivity contribution in [1.82, 2.24) is 15.0 Å². The molecule has 0 radical (unpaired) electrons. The maximum absolute atomic E-state index is 5.66. The van der Waals surface area contributed by atoms with Crippen molar-refractivity contribution in [2.45, 2.75) is 6.92 Å². The molecule has 88 valence electrons. The molecule has 4 heteroatoms. The van der Waals surface area contributed by atoms with Crippen molar-refractivity contribution in [3.05, 3.63) is 48.4 Å². The van der Waals surface area contributed by atoms with Gasteiger partial charge in [-0.05, 0) is 25.1 Å². The lowest BCUT2D eigenvalue weighted by Crippen LogP contribution is -1.92. The van der Waals surface area contributed by atoms with Crippen molar-refractivity contribution in [1.29, 1.82) is 0 Å². The smallest absolute Gasteiger partial charge is 0.127 e. The molecule has 2 aromatic heterocycles. The van der Waals surface area contributed by atoms with Gasteiger partial charge in [-0.15, -0.1) is 0 Å². The molecular weight excluding hydrogens is 224 g/mol. The molecule has 0 saturated carbocycles. The van der Waals surface area contributed by atoms with Gasteiger partial charge in [-0.1, -0.05) is 12.1 Å². The van der Waals surface area contributed by atoms with Crippen LogP contribution >= 0.6 is 0 Å². The van der Waals surface area contributed by atoms with Gasteiger partial charge >= 0.3 is 0 Å². The maximum atomic E-state index is 5.66. The summed E-state index contributed by atoms with van der Waals surface area (Å²) >= 11 is 0. The minimum Gasteiger partial charge on any atom is -0.384 e. The fraction of sp³-hybridized carbons (Fsp3) is 0.0714. The predicted octanol–water partition coefficient (Wildman–Crippen LogP) is 2.58. The average molecular weight is 236 g/mol. The highest BCUT2D eigenvalue weighted by Crippen LogP contribution is 2.22. The second-order valence-electron chi connectivity index (χ2n) is 4.19. The monoisotopic (exact) mass is 236 g/mol. The standard InChI is InChI=1S/C14H12N4/c1-9-2-3-10-6-11(4-5-12(10)18-9)13-7-14(15)17-8-16-13/h2-8H,1H3,(H2,15,16,17). The number of aryl methyl sites for hydroxylation is 1. The second kappa shape index (κ2) is 4.07. The number of fused-ring (bicyclic) bond motifs is 1. The summed E-state index contributed by atoms with van der Waals surface area (Å²) in [5.74, 6) is 0.474. The van der Waals surface area contributed by atoms with Crippen molar-refractivity contribution >= 4 is 16.7 Å². The van der Waals surface area contributed by atoms with Crippen LogP contribution in [0.1, 0.15) is 5.69 Å². The van der Waals surface area contributed by atoms with E-state index in [9.17, 15) is 0 Å². The van der Waals surface area contributed by atoms with E-state index in [4.69, 9.17) is 5.73 Å². The molecule has 0 aliphatic carbocycles. The van der Waals surface area contributed by atoms with Gasteiger partial charge in [-0.2, -0.15) is 0 Å². The summed E-state index contributed by atoms with van der Waals surface area (Å²) in [6.45, 7) is 1.98. The average Bonchev–Trinajstić information content (AvgIpc) is 2.38. The molecule has 18 heavy (non-hydrogen) atoms. The summed E-state index contributed by atoms with van der Waals surface area (Å²) in [6, 6.07) is 11.9. The predicted molar refractivity (Wildman–Crippen MR) is 71.9 cm³/mol. The molecule has 4 nitrogen and oxygen atoms in total. The Hall–Kier alpha value is -2.49. The number of nitrogen functional groups attached to an aromatic ring is 1. The van der Waals surface area contributed by atoms with Crippen LogP contribution in [0.4, 0.5) is 5.82 Å². The molecule has 3 aromatic rings. The number of rotatable bonds is 1. The van der Waals surface area contributed by atoms with Crippen molar-refractivity contribution in [3.8, 4) is 11.3 Å². The first kappa shape index (κ1) is 10.7. The van der Waals surface area contributed by atoms with E-state index in [0.717, 1.165) is 27.9 Å². The first-order valence-electron chi connectivity index (χ1n) is 5.68. The van der Waals surface area contributed by atoms with E-state index in [0.29, 0.717) is 5.82 Å². The minimum absolute atomic E-state index is 0.474. The Morgan fingerprint density at radius 2 is 1.89 bits per heavy atom. The Bertz CT molecular complexity index is 722. The number of pyridine rings is 1. The normalized spacial score (nSPS) is 10.7. The number of aromatic nitrogens is 3. The highest BCUT2D eigenvalue weighted by atomic mass is 14.9.